The van der Waals surface area contributed by atoms with Crippen molar-refractivity contribution in [1.29, 1.82) is 0 Å². The van der Waals surface area contributed by atoms with Crippen LogP contribution in [0.4, 0.5) is 0 Å². The highest BCUT2D eigenvalue weighted by molar-refractivity contribution is 5.87. The number of aryl methyl sites for hydroxylation is 2. The van der Waals surface area contributed by atoms with E-state index in [1.54, 1.807) is 0 Å². The number of hydrogen-bond acceptors (Lipinski definition) is 3. The third-order valence-electron chi connectivity index (χ3n) is 3.32. The van der Waals surface area contributed by atoms with Gasteiger partial charge in [-0.15, -0.1) is 0 Å². The molecule has 18 heavy (non-hydrogen) atoms. The van der Waals surface area contributed by atoms with E-state index in [1.165, 1.54) is 11.1 Å². The molecule has 0 aliphatic carbocycles. The molecule has 3 heteroatoms. The van der Waals surface area contributed by atoms with Crippen LogP contribution in [0.25, 0.3) is 0 Å². The van der Waals surface area contributed by atoms with E-state index >= 15 is 0 Å². The molecule has 1 heterocycles. The highest BCUT2D eigenvalue weighted by Gasteiger charge is 2.18. The lowest BCUT2D eigenvalue weighted by molar-refractivity contribution is 0.278. The summed E-state index contributed by atoms with van der Waals surface area (Å²) in [7, 11) is 0. The summed E-state index contributed by atoms with van der Waals surface area (Å²) in [5, 5.41) is 3.28. The van der Waals surface area contributed by atoms with Crippen LogP contribution in [-0.4, -0.2) is 25.0 Å². The van der Waals surface area contributed by atoms with Crippen molar-refractivity contribution < 1.29 is 4.74 Å². The van der Waals surface area contributed by atoms with E-state index in [-0.39, 0.29) is 6.10 Å². The average molecular weight is 246 g/mol. The van der Waals surface area contributed by atoms with E-state index in [4.69, 9.17) is 4.74 Å². The molecule has 2 rings (SSSR count). The predicted molar refractivity (Wildman–Crippen MR) is 75.6 cm³/mol. The maximum Gasteiger partial charge on any atom is 0.152 e. The van der Waals surface area contributed by atoms with Gasteiger partial charge in [0.1, 0.15) is 11.6 Å². The second-order valence-corrected chi connectivity index (χ2v) is 4.57. The summed E-state index contributed by atoms with van der Waals surface area (Å²) in [5.74, 6) is 2.02. The van der Waals surface area contributed by atoms with E-state index < -0.39 is 0 Å². The number of para-hydroxylation sites is 1. The van der Waals surface area contributed by atoms with Gasteiger partial charge in [-0.2, -0.15) is 0 Å². The Bertz CT molecular complexity index is 418. The molecular weight excluding hydrogens is 224 g/mol. The molecule has 0 saturated carbocycles. The van der Waals surface area contributed by atoms with Crippen LogP contribution in [0.1, 0.15) is 31.9 Å². The normalized spacial score (nSPS) is 16.1. The van der Waals surface area contributed by atoms with E-state index in [2.05, 4.69) is 49.3 Å². The Kier molecular flexibility index (Phi) is 4.24. The highest BCUT2D eigenvalue weighted by atomic mass is 16.5. The van der Waals surface area contributed by atoms with Gasteiger partial charge in [0.2, 0.25) is 0 Å². The summed E-state index contributed by atoms with van der Waals surface area (Å²) >= 11 is 0. The molecule has 0 bridgehead atoms. The zero-order chi connectivity index (χ0) is 13.0. The fraction of sp³-hybridized carbons (Fsp3) is 0.533. The molecule has 1 N–H and O–H groups in total. The van der Waals surface area contributed by atoms with E-state index in [0.29, 0.717) is 0 Å². The van der Waals surface area contributed by atoms with Crippen LogP contribution in [0.3, 0.4) is 0 Å². The number of ether oxygens (including phenoxy) is 1. The van der Waals surface area contributed by atoms with E-state index in [0.717, 1.165) is 37.5 Å². The monoisotopic (exact) mass is 246 g/mol. The van der Waals surface area contributed by atoms with Crippen molar-refractivity contribution in [3.8, 4) is 5.75 Å². The standard InChI is InChI=1S/C15H22N2O/c1-4-12-7-6-8-13(5-2)14(12)18-11(3)15-16-9-10-17-15/h6-8,11H,4-5,9-10H2,1-3H3,(H,16,17)/t11-/m1/s1. The van der Waals surface area contributed by atoms with Gasteiger partial charge in [0.25, 0.3) is 0 Å². The third kappa shape index (κ3) is 2.66. The average Bonchev–Trinajstić information content (AvgIpc) is 2.93. The molecule has 0 unspecified atom stereocenters. The third-order valence-corrected chi connectivity index (χ3v) is 3.32. The maximum atomic E-state index is 6.15. The van der Waals surface area contributed by atoms with Crippen LogP contribution in [-0.2, 0) is 12.8 Å². The van der Waals surface area contributed by atoms with Crippen molar-refractivity contribution in [2.24, 2.45) is 4.99 Å². The molecule has 1 aliphatic rings. The van der Waals surface area contributed by atoms with Crippen LogP contribution in [0, 0.1) is 0 Å². The predicted octanol–water partition coefficient (Wildman–Crippen LogP) is 2.58. The Labute approximate surface area is 109 Å². The second kappa shape index (κ2) is 5.89. The Morgan fingerprint density at radius 1 is 1.28 bits per heavy atom. The fourth-order valence-corrected chi connectivity index (χ4v) is 2.27. The summed E-state index contributed by atoms with van der Waals surface area (Å²) in [4.78, 5) is 4.42. The SMILES string of the molecule is CCc1cccc(CC)c1O[C@H](C)C1=NCCN1. The summed E-state index contributed by atoms with van der Waals surface area (Å²) in [6.45, 7) is 8.18. The first-order valence-electron chi connectivity index (χ1n) is 6.81. The van der Waals surface area contributed by atoms with Gasteiger partial charge in [0, 0.05) is 6.54 Å². The first-order valence-corrected chi connectivity index (χ1v) is 6.81. The van der Waals surface area contributed by atoms with Gasteiger partial charge in [-0.05, 0) is 30.9 Å². The minimum Gasteiger partial charge on any atom is -0.482 e. The minimum absolute atomic E-state index is 0.00509. The van der Waals surface area contributed by atoms with Crippen molar-refractivity contribution in [1.82, 2.24) is 5.32 Å². The quantitative estimate of drug-likeness (QED) is 0.866. The van der Waals surface area contributed by atoms with Crippen LogP contribution in [0.2, 0.25) is 0 Å². The molecule has 0 saturated heterocycles. The lowest BCUT2D eigenvalue weighted by Gasteiger charge is -2.20. The number of nitrogens with zero attached hydrogens (tertiary/aromatic N) is 1. The van der Waals surface area contributed by atoms with E-state index in [1.807, 2.05) is 0 Å². The molecule has 0 fully saturated rings. The highest BCUT2D eigenvalue weighted by Crippen LogP contribution is 2.26. The molecular formula is C15H22N2O. The Hall–Kier alpha value is -1.51. The summed E-state index contributed by atoms with van der Waals surface area (Å²) in [5.41, 5.74) is 2.56. The number of rotatable bonds is 5. The maximum absolute atomic E-state index is 6.15. The lowest BCUT2D eigenvalue weighted by atomic mass is 10.0. The number of hydrogen-bond donors (Lipinski definition) is 1. The van der Waals surface area contributed by atoms with Gasteiger partial charge >= 0.3 is 0 Å². The molecule has 0 spiro atoms. The van der Waals surface area contributed by atoms with Gasteiger partial charge in [-0.1, -0.05) is 32.0 Å². The zero-order valence-electron chi connectivity index (χ0n) is 11.5. The molecule has 1 aliphatic heterocycles. The van der Waals surface area contributed by atoms with Crippen LogP contribution < -0.4 is 10.1 Å². The molecule has 1 atom stereocenters. The largest absolute Gasteiger partial charge is 0.482 e. The molecule has 0 aromatic heterocycles. The first kappa shape index (κ1) is 12.9. The lowest BCUT2D eigenvalue weighted by Crippen LogP contribution is -2.33. The molecule has 1 aromatic rings. The number of nitrogens with one attached hydrogen (secondary N) is 1. The van der Waals surface area contributed by atoms with Crippen molar-refractivity contribution in [3.05, 3.63) is 29.3 Å². The first-order chi connectivity index (χ1) is 8.76. The van der Waals surface area contributed by atoms with Gasteiger partial charge in [-0.25, -0.2) is 0 Å². The summed E-state index contributed by atoms with van der Waals surface area (Å²) in [6.07, 6.45) is 2.00. The van der Waals surface area contributed by atoms with Crippen LogP contribution in [0.15, 0.2) is 23.2 Å². The summed E-state index contributed by atoms with van der Waals surface area (Å²) < 4.78 is 6.15. The van der Waals surface area contributed by atoms with Gasteiger partial charge in [-0.3, -0.25) is 4.99 Å². The van der Waals surface area contributed by atoms with Crippen LogP contribution in [0.5, 0.6) is 5.75 Å². The second-order valence-electron chi connectivity index (χ2n) is 4.57. The zero-order valence-corrected chi connectivity index (χ0v) is 11.5. The van der Waals surface area contributed by atoms with Crippen molar-refractivity contribution >= 4 is 5.84 Å². The van der Waals surface area contributed by atoms with Crippen molar-refractivity contribution in [2.45, 2.75) is 39.7 Å². The van der Waals surface area contributed by atoms with E-state index in [9.17, 15) is 0 Å². The molecule has 1 aromatic carbocycles. The molecule has 0 radical (unpaired) electrons. The van der Waals surface area contributed by atoms with Gasteiger partial charge < -0.3 is 10.1 Å². The van der Waals surface area contributed by atoms with Crippen molar-refractivity contribution in [3.63, 3.8) is 0 Å². The topological polar surface area (TPSA) is 33.6 Å². The number of amidine groups is 1. The van der Waals surface area contributed by atoms with Gasteiger partial charge in [0.05, 0.1) is 6.54 Å². The Balaban J connectivity index is 2.21. The number of benzene rings is 1. The van der Waals surface area contributed by atoms with Crippen LogP contribution >= 0.6 is 0 Å². The smallest absolute Gasteiger partial charge is 0.152 e. The summed E-state index contributed by atoms with van der Waals surface area (Å²) in [6, 6.07) is 6.40. The van der Waals surface area contributed by atoms with Gasteiger partial charge in [0.15, 0.2) is 6.10 Å². The Morgan fingerprint density at radius 3 is 2.44 bits per heavy atom. The Morgan fingerprint density at radius 2 is 1.94 bits per heavy atom. The molecule has 98 valence electrons. The number of aliphatic imine (C=N–C) groups is 1. The fourth-order valence-electron chi connectivity index (χ4n) is 2.27. The minimum atomic E-state index is 0.00509. The van der Waals surface area contributed by atoms with Crippen molar-refractivity contribution in [2.75, 3.05) is 13.1 Å². The molecule has 3 nitrogen and oxygen atoms in total. The molecule has 0 amide bonds.